The van der Waals surface area contributed by atoms with Crippen LogP contribution in [0.1, 0.15) is 16.7 Å². The molecule has 0 aliphatic heterocycles. The van der Waals surface area contributed by atoms with Crippen LogP contribution in [0.4, 0.5) is 0 Å². The summed E-state index contributed by atoms with van der Waals surface area (Å²) >= 11 is 3.43. The third-order valence-electron chi connectivity index (χ3n) is 2.76. The van der Waals surface area contributed by atoms with E-state index in [9.17, 15) is 0 Å². The fraction of sp³-hybridized carbons (Fsp3) is 0.133. The molecule has 0 saturated carbocycles. The molecular weight excluding hydrogens is 320 g/mol. The molecule has 0 heterocycles. The van der Waals surface area contributed by atoms with Crippen LogP contribution in [0.25, 0.3) is 0 Å². The molecular formula is C15H15BrN2O2. The van der Waals surface area contributed by atoms with Crippen molar-refractivity contribution in [1.82, 2.24) is 0 Å². The normalized spacial score (nSPS) is 11.6. The molecule has 104 valence electrons. The zero-order chi connectivity index (χ0) is 14.4. The van der Waals surface area contributed by atoms with Gasteiger partial charge in [0.05, 0.1) is 13.2 Å². The van der Waals surface area contributed by atoms with E-state index >= 15 is 0 Å². The molecule has 4 nitrogen and oxygen atoms in total. The number of halogens is 1. The van der Waals surface area contributed by atoms with Gasteiger partial charge < -0.3 is 15.7 Å². The summed E-state index contributed by atoms with van der Waals surface area (Å²) in [6.45, 7) is 1.01. The van der Waals surface area contributed by atoms with E-state index in [0.717, 1.165) is 15.6 Å². The highest BCUT2D eigenvalue weighted by Gasteiger charge is 2.01. The lowest BCUT2D eigenvalue weighted by atomic mass is 10.1. The van der Waals surface area contributed by atoms with Crippen LogP contribution in [0.5, 0.6) is 0 Å². The van der Waals surface area contributed by atoms with Gasteiger partial charge in [0.1, 0.15) is 0 Å². The highest BCUT2D eigenvalue weighted by atomic mass is 79.9. The van der Waals surface area contributed by atoms with Gasteiger partial charge in [-0.15, -0.1) is 0 Å². The second kappa shape index (κ2) is 7.07. The average Bonchev–Trinajstić information content (AvgIpc) is 2.47. The summed E-state index contributed by atoms with van der Waals surface area (Å²) < 4.78 is 6.70. The molecule has 0 bridgehead atoms. The number of hydrogen-bond donors (Lipinski definition) is 2. The molecule has 0 amide bonds. The predicted octanol–water partition coefficient (Wildman–Crippen LogP) is 3.26. The maximum atomic E-state index is 8.66. The maximum absolute atomic E-state index is 8.66. The Morgan fingerprint density at radius 2 is 1.75 bits per heavy atom. The van der Waals surface area contributed by atoms with Gasteiger partial charge in [0.2, 0.25) is 0 Å². The molecule has 3 N–H and O–H groups in total. The molecule has 2 aromatic rings. The number of amidine groups is 1. The first kappa shape index (κ1) is 14.6. The van der Waals surface area contributed by atoms with Gasteiger partial charge in [-0.1, -0.05) is 51.4 Å². The van der Waals surface area contributed by atoms with Gasteiger partial charge in [-0.05, 0) is 29.3 Å². The molecule has 0 aromatic heterocycles. The minimum absolute atomic E-state index is 0.0961. The number of nitrogens with two attached hydrogens (primary N) is 1. The van der Waals surface area contributed by atoms with Crippen molar-refractivity contribution in [3.05, 3.63) is 69.7 Å². The van der Waals surface area contributed by atoms with Crippen molar-refractivity contribution in [3.8, 4) is 0 Å². The molecule has 0 atom stereocenters. The standard InChI is InChI=1S/C15H15BrN2O2/c16-14-6-2-4-12(8-14)10-20-9-11-3-1-5-13(7-11)15(17)18-19/h1-8,19H,9-10H2,(H2,17,18). The van der Waals surface area contributed by atoms with Crippen molar-refractivity contribution in [2.45, 2.75) is 13.2 Å². The summed E-state index contributed by atoms with van der Waals surface area (Å²) in [5.74, 6) is 0.0961. The molecule has 0 unspecified atom stereocenters. The van der Waals surface area contributed by atoms with Crippen LogP contribution in [0.2, 0.25) is 0 Å². The van der Waals surface area contributed by atoms with Crippen molar-refractivity contribution in [2.24, 2.45) is 10.9 Å². The highest BCUT2D eigenvalue weighted by Crippen LogP contribution is 2.13. The van der Waals surface area contributed by atoms with Gasteiger partial charge in [0, 0.05) is 10.0 Å². The van der Waals surface area contributed by atoms with Crippen molar-refractivity contribution >= 4 is 21.8 Å². The van der Waals surface area contributed by atoms with Crippen molar-refractivity contribution in [2.75, 3.05) is 0 Å². The van der Waals surface area contributed by atoms with Crippen molar-refractivity contribution in [3.63, 3.8) is 0 Å². The van der Waals surface area contributed by atoms with E-state index in [2.05, 4.69) is 21.1 Å². The van der Waals surface area contributed by atoms with Crippen LogP contribution < -0.4 is 5.73 Å². The molecule has 20 heavy (non-hydrogen) atoms. The Hall–Kier alpha value is -1.85. The zero-order valence-corrected chi connectivity index (χ0v) is 12.4. The zero-order valence-electron chi connectivity index (χ0n) is 10.8. The number of rotatable bonds is 5. The molecule has 0 spiro atoms. The monoisotopic (exact) mass is 334 g/mol. The fourth-order valence-corrected chi connectivity index (χ4v) is 2.24. The molecule has 0 aliphatic carbocycles. The highest BCUT2D eigenvalue weighted by molar-refractivity contribution is 9.10. The summed E-state index contributed by atoms with van der Waals surface area (Å²) in [6.07, 6.45) is 0. The lowest BCUT2D eigenvalue weighted by molar-refractivity contribution is 0.107. The SMILES string of the molecule is N/C(=N/O)c1cccc(COCc2cccc(Br)c2)c1. The summed E-state index contributed by atoms with van der Waals surface area (Å²) in [5.41, 5.74) is 8.31. The smallest absolute Gasteiger partial charge is 0.170 e. The van der Waals surface area contributed by atoms with Gasteiger partial charge >= 0.3 is 0 Å². The Morgan fingerprint density at radius 3 is 2.40 bits per heavy atom. The second-order valence-electron chi connectivity index (χ2n) is 4.31. The Kier molecular flexibility index (Phi) is 5.15. The van der Waals surface area contributed by atoms with Gasteiger partial charge in [-0.3, -0.25) is 0 Å². The first-order valence-electron chi connectivity index (χ1n) is 6.08. The van der Waals surface area contributed by atoms with Gasteiger partial charge in [0.15, 0.2) is 5.84 Å². The predicted molar refractivity (Wildman–Crippen MR) is 81.6 cm³/mol. The van der Waals surface area contributed by atoms with E-state index in [-0.39, 0.29) is 5.84 Å². The summed E-state index contributed by atoms with van der Waals surface area (Å²) in [6, 6.07) is 15.4. The second-order valence-corrected chi connectivity index (χ2v) is 5.22. The number of benzene rings is 2. The lowest BCUT2D eigenvalue weighted by Crippen LogP contribution is -2.13. The van der Waals surface area contributed by atoms with Crippen LogP contribution >= 0.6 is 15.9 Å². The Bertz CT molecular complexity index is 614. The topological polar surface area (TPSA) is 67.8 Å². The van der Waals surface area contributed by atoms with Crippen LogP contribution in [-0.4, -0.2) is 11.0 Å². The van der Waals surface area contributed by atoms with Crippen molar-refractivity contribution in [1.29, 1.82) is 0 Å². The Labute approximate surface area is 126 Å². The van der Waals surface area contributed by atoms with Crippen LogP contribution in [0.15, 0.2) is 58.2 Å². The number of ether oxygens (including phenoxy) is 1. The average molecular weight is 335 g/mol. The first-order chi connectivity index (χ1) is 9.69. The minimum Gasteiger partial charge on any atom is -0.409 e. The summed E-state index contributed by atoms with van der Waals surface area (Å²) in [7, 11) is 0. The summed E-state index contributed by atoms with van der Waals surface area (Å²) in [4.78, 5) is 0. The van der Waals surface area contributed by atoms with Gasteiger partial charge in [-0.2, -0.15) is 0 Å². The molecule has 0 fully saturated rings. The minimum atomic E-state index is 0.0961. The van der Waals surface area contributed by atoms with Crippen molar-refractivity contribution < 1.29 is 9.94 Å². The van der Waals surface area contributed by atoms with E-state index in [4.69, 9.17) is 15.7 Å². The Balaban J connectivity index is 1.94. The molecule has 0 aliphatic rings. The number of oxime groups is 1. The van der Waals surface area contributed by atoms with E-state index in [1.165, 1.54) is 0 Å². The van der Waals surface area contributed by atoms with Crippen LogP contribution in [0, 0.1) is 0 Å². The van der Waals surface area contributed by atoms with Crippen LogP contribution in [0.3, 0.4) is 0 Å². The van der Waals surface area contributed by atoms with E-state index < -0.39 is 0 Å². The molecule has 0 radical (unpaired) electrons. The van der Waals surface area contributed by atoms with Gasteiger partial charge in [0.25, 0.3) is 0 Å². The Morgan fingerprint density at radius 1 is 1.10 bits per heavy atom. The maximum Gasteiger partial charge on any atom is 0.170 e. The van der Waals surface area contributed by atoms with Gasteiger partial charge in [-0.25, -0.2) is 0 Å². The number of hydrogen-bond acceptors (Lipinski definition) is 3. The van der Waals surface area contributed by atoms with E-state index in [1.54, 1.807) is 6.07 Å². The molecule has 5 heteroatoms. The quantitative estimate of drug-likeness (QED) is 0.381. The van der Waals surface area contributed by atoms with Crippen LogP contribution in [-0.2, 0) is 18.0 Å². The lowest BCUT2D eigenvalue weighted by Gasteiger charge is -2.06. The third-order valence-corrected chi connectivity index (χ3v) is 3.25. The number of nitrogens with zero attached hydrogens (tertiary/aromatic N) is 1. The molecule has 0 saturated heterocycles. The van der Waals surface area contributed by atoms with E-state index in [1.807, 2.05) is 42.5 Å². The fourth-order valence-electron chi connectivity index (χ4n) is 1.79. The van der Waals surface area contributed by atoms with E-state index in [0.29, 0.717) is 18.8 Å². The largest absolute Gasteiger partial charge is 0.409 e. The first-order valence-corrected chi connectivity index (χ1v) is 6.87. The summed E-state index contributed by atoms with van der Waals surface area (Å²) in [5, 5.41) is 11.6. The third kappa shape index (κ3) is 4.08. The molecule has 2 rings (SSSR count). The molecule has 2 aromatic carbocycles.